The van der Waals surface area contributed by atoms with E-state index < -0.39 is 15.9 Å². The first-order valence-corrected chi connectivity index (χ1v) is 12.6. The van der Waals surface area contributed by atoms with Gasteiger partial charge in [0.15, 0.2) is 0 Å². The van der Waals surface area contributed by atoms with Gasteiger partial charge in [0, 0.05) is 18.8 Å². The Kier molecular flexibility index (Phi) is 6.85. The minimum Gasteiger partial charge on any atom is -0.326 e. The molecule has 33 heavy (non-hydrogen) atoms. The Morgan fingerprint density at radius 3 is 2.52 bits per heavy atom. The number of nitrogens with one attached hydrogen (secondary N) is 1. The largest absolute Gasteiger partial charge is 0.326 e. The number of hydrogen-bond donors (Lipinski definition) is 1. The smallest absolute Gasteiger partial charge is 0.243 e. The molecule has 0 spiro atoms. The minimum atomic E-state index is -3.71. The summed E-state index contributed by atoms with van der Waals surface area (Å²) in [5.41, 5.74) is 2.62. The molecule has 1 amide bonds. The van der Waals surface area contributed by atoms with Crippen molar-refractivity contribution in [2.45, 2.75) is 43.9 Å². The number of nitrogens with zero attached hydrogens (tertiary/aromatic N) is 5. The van der Waals surface area contributed by atoms with Gasteiger partial charge in [0.05, 0.1) is 16.5 Å². The zero-order valence-electron chi connectivity index (χ0n) is 18.8. The highest BCUT2D eigenvalue weighted by Crippen LogP contribution is 2.26. The van der Waals surface area contributed by atoms with E-state index in [0.717, 1.165) is 12.1 Å². The molecule has 1 aliphatic heterocycles. The van der Waals surface area contributed by atoms with Gasteiger partial charge in [-0.2, -0.15) is 4.31 Å². The van der Waals surface area contributed by atoms with Gasteiger partial charge in [0.25, 0.3) is 0 Å². The fourth-order valence-electron chi connectivity index (χ4n) is 3.95. The van der Waals surface area contributed by atoms with Crippen molar-refractivity contribution in [3.8, 4) is 5.69 Å². The lowest BCUT2D eigenvalue weighted by Gasteiger charge is -2.31. The summed E-state index contributed by atoms with van der Waals surface area (Å²) in [6.45, 7) is 4.87. The zero-order valence-corrected chi connectivity index (χ0v) is 19.6. The lowest BCUT2D eigenvalue weighted by molar-refractivity contribution is -0.120. The maximum atomic E-state index is 13.2. The molecule has 9 nitrogen and oxygen atoms in total. The van der Waals surface area contributed by atoms with Crippen LogP contribution in [0, 0.1) is 5.92 Å². The van der Waals surface area contributed by atoms with Crippen molar-refractivity contribution in [2.75, 3.05) is 18.4 Å². The van der Waals surface area contributed by atoms with Gasteiger partial charge in [0.1, 0.15) is 6.33 Å². The Bertz CT molecular complexity index is 1180. The summed E-state index contributed by atoms with van der Waals surface area (Å²) in [6, 6.07) is 14.2. The molecule has 2 unspecified atom stereocenters. The summed E-state index contributed by atoms with van der Waals surface area (Å²) in [6.07, 6.45) is 3.78. The molecule has 2 atom stereocenters. The standard InChI is InChI=1S/C23H28N6O3S/c1-3-17(2)18-6-8-20(9-7-18)25-23(30)19-5-4-14-28(15-19)33(31,32)22-12-10-21(11-13-22)29-16-24-26-27-29/h6-13,16-17,19H,3-5,14-15H2,1-2H3,(H,25,30). The number of piperidine rings is 1. The van der Waals surface area contributed by atoms with Crippen LogP contribution >= 0.6 is 0 Å². The summed E-state index contributed by atoms with van der Waals surface area (Å²) >= 11 is 0. The summed E-state index contributed by atoms with van der Waals surface area (Å²) in [5.74, 6) is -0.0858. The molecule has 0 saturated carbocycles. The molecule has 4 rings (SSSR count). The summed E-state index contributed by atoms with van der Waals surface area (Å²) < 4.78 is 29.2. The first-order chi connectivity index (χ1) is 15.9. The van der Waals surface area contributed by atoms with E-state index in [-0.39, 0.29) is 17.3 Å². The topological polar surface area (TPSA) is 110 Å². The van der Waals surface area contributed by atoms with Crippen LogP contribution in [-0.2, 0) is 14.8 Å². The number of carbonyl (C=O) groups is 1. The maximum absolute atomic E-state index is 13.2. The number of sulfonamides is 1. The Morgan fingerprint density at radius 1 is 1.15 bits per heavy atom. The molecular formula is C23H28N6O3S. The highest BCUT2D eigenvalue weighted by Gasteiger charge is 2.33. The van der Waals surface area contributed by atoms with Crippen LogP contribution in [0.1, 0.15) is 44.6 Å². The van der Waals surface area contributed by atoms with Crippen LogP contribution in [0.4, 0.5) is 5.69 Å². The van der Waals surface area contributed by atoms with Crippen LogP contribution in [0.5, 0.6) is 0 Å². The predicted octanol–water partition coefficient (Wildman–Crippen LogP) is 3.22. The molecule has 1 aliphatic rings. The molecule has 10 heteroatoms. The van der Waals surface area contributed by atoms with Crippen molar-refractivity contribution >= 4 is 21.6 Å². The highest BCUT2D eigenvalue weighted by molar-refractivity contribution is 7.89. The van der Waals surface area contributed by atoms with Gasteiger partial charge >= 0.3 is 0 Å². The van der Waals surface area contributed by atoms with E-state index >= 15 is 0 Å². The monoisotopic (exact) mass is 468 g/mol. The molecule has 1 saturated heterocycles. The van der Waals surface area contributed by atoms with E-state index in [1.165, 1.54) is 33.0 Å². The van der Waals surface area contributed by atoms with Crippen LogP contribution in [-0.4, -0.2) is 51.9 Å². The van der Waals surface area contributed by atoms with Crippen LogP contribution in [0.2, 0.25) is 0 Å². The maximum Gasteiger partial charge on any atom is 0.243 e. The lowest BCUT2D eigenvalue weighted by atomic mass is 9.97. The first-order valence-electron chi connectivity index (χ1n) is 11.1. The molecule has 0 radical (unpaired) electrons. The van der Waals surface area contributed by atoms with Gasteiger partial charge < -0.3 is 5.32 Å². The summed E-state index contributed by atoms with van der Waals surface area (Å²) in [4.78, 5) is 13.1. The average molecular weight is 469 g/mol. The zero-order chi connectivity index (χ0) is 23.4. The van der Waals surface area contributed by atoms with Crippen LogP contribution < -0.4 is 5.32 Å². The molecule has 2 aromatic carbocycles. The molecule has 2 heterocycles. The fraction of sp³-hybridized carbons (Fsp3) is 0.391. The Balaban J connectivity index is 1.42. The first kappa shape index (κ1) is 23.1. The predicted molar refractivity (Wildman–Crippen MR) is 124 cm³/mol. The number of tetrazole rings is 1. The molecule has 1 aromatic heterocycles. The molecular weight excluding hydrogens is 440 g/mol. The Labute approximate surface area is 193 Å². The third-order valence-corrected chi connectivity index (χ3v) is 8.08. The van der Waals surface area contributed by atoms with E-state index in [4.69, 9.17) is 0 Å². The average Bonchev–Trinajstić information content (AvgIpc) is 3.39. The SMILES string of the molecule is CCC(C)c1ccc(NC(=O)C2CCCN(S(=O)(=O)c3ccc(-n4cnnn4)cc3)C2)cc1. The number of benzene rings is 2. The number of amides is 1. The van der Waals surface area contributed by atoms with Crippen molar-refractivity contribution in [3.05, 3.63) is 60.4 Å². The molecule has 0 bridgehead atoms. The highest BCUT2D eigenvalue weighted by atomic mass is 32.2. The molecule has 0 aliphatic carbocycles. The van der Waals surface area contributed by atoms with Gasteiger partial charge in [-0.25, -0.2) is 13.1 Å². The van der Waals surface area contributed by atoms with Gasteiger partial charge in [0.2, 0.25) is 15.9 Å². The molecule has 1 fully saturated rings. The number of anilines is 1. The Morgan fingerprint density at radius 2 is 1.88 bits per heavy atom. The third-order valence-electron chi connectivity index (χ3n) is 6.20. The lowest BCUT2D eigenvalue weighted by Crippen LogP contribution is -2.43. The fourth-order valence-corrected chi connectivity index (χ4v) is 5.47. The number of rotatable bonds is 7. The van der Waals surface area contributed by atoms with E-state index in [1.807, 2.05) is 24.3 Å². The van der Waals surface area contributed by atoms with Gasteiger partial charge in [-0.05, 0) is 77.6 Å². The van der Waals surface area contributed by atoms with Crippen LogP contribution in [0.15, 0.2) is 59.8 Å². The van der Waals surface area contributed by atoms with Crippen molar-refractivity contribution in [1.29, 1.82) is 0 Å². The van der Waals surface area contributed by atoms with Gasteiger partial charge in [-0.15, -0.1) is 5.10 Å². The van der Waals surface area contributed by atoms with Crippen molar-refractivity contribution < 1.29 is 13.2 Å². The molecule has 3 aromatic rings. The summed E-state index contributed by atoms with van der Waals surface area (Å²) in [7, 11) is -3.71. The van der Waals surface area contributed by atoms with E-state index in [2.05, 4.69) is 34.7 Å². The normalized spacial score (nSPS) is 18.1. The number of hydrogen-bond acceptors (Lipinski definition) is 6. The third kappa shape index (κ3) is 5.12. The van der Waals surface area contributed by atoms with Gasteiger partial charge in [-0.3, -0.25) is 4.79 Å². The second-order valence-electron chi connectivity index (χ2n) is 8.37. The minimum absolute atomic E-state index is 0.153. The Hall–Kier alpha value is -3.11. The van der Waals surface area contributed by atoms with Crippen LogP contribution in [0.3, 0.4) is 0 Å². The molecule has 1 N–H and O–H groups in total. The quantitative estimate of drug-likeness (QED) is 0.570. The van der Waals surface area contributed by atoms with E-state index in [1.54, 1.807) is 12.1 Å². The number of aromatic nitrogens is 4. The van der Waals surface area contributed by atoms with Crippen LogP contribution in [0.25, 0.3) is 5.69 Å². The van der Waals surface area contributed by atoms with E-state index in [0.29, 0.717) is 31.0 Å². The van der Waals surface area contributed by atoms with Crippen molar-refractivity contribution in [2.24, 2.45) is 5.92 Å². The second kappa shape index (κ2) is 9.80. The van der Waals surface area contributed by atoms with E-state index in [9.17, 15) is 13.2 Å². The van der Waals surface area contributed by atoms with Crippen molar-refractivity contribution in [3.63, 3.8) is 0 Å². The van der Waals surface area contributed by atoms with Crippen molar-refractivity contribution in [1.82, 2.24) is 24.5 Å². The second-order valence-corrected chi connectivity index (χ2v) is 10.3. The van der Waals surface area contributed by atoms with Gasteiger partial charge in [-0.1, -0.05) is 26.0 Å². The molecule has 174 valence electrons. The summed E-state index contributed by atoms with van der Waals surface area (Å²) in [5, 5.41) is 13.9. The number of carbonyl (C=O) groups excluding carboxylic acids is 1.